The fourth-order valence-corrected chi connectivity index (χ4v) is 0.946. The minimum absolute atomic E-state index is 0.303. The smallest absolute Gasteiger partial charge is 0.136 e. The van der Waals surface area contributed by atoms with Crippen LogP contribution < -0.4 is 0 Å². The lowest BCUT2D eigenvalue weighted by atomic mass is 10.2. The van der Waals surface area contributed by atoms with E-state index in [1.54, 1.807) is 19.2 Å². The molecule has 1 aromatic carbocycles. The van der Waals surface area contributed by atoms with Crippen LogP contribution in [0.15, 0.2) is 23.1 Å². The summed E-state index contributed by atoms with van der Waals surface area (Å²) in [6.07, 6.45) is 0. The van der Waals surface area contributed by atoms with Crippen molar-refractivity contribution in [3.8, 4) is 0 Å². The van der Waals surface area contributed by atoms with Gasteiger partial charge in [0.05, 0.1) is 6.61 Å². The summed E-state index contributed by atoms with van der Waals surface area (Å²) in [6, 6.07) is 4.83. The van der Waals surface area contributed by atoms with E-state index in [1.807, 2.05) is 0 Å². The van der Waals surface area contributed by atoms with E-state index in [0.717, 1.165) is 5.56 Å². The summed E-state index contributed by atoms with van der Waals surface area (Å²) in [5, 5.41) is 0. The van der Waals surface area contributed by atoms with Crippen molar-refractivity contribution in [1.29, 1.82) is 0 Å². The van der Waals surface area contributed by atoms with E-state index in [-0.39, 0.29) is 5.82 Å². The average molecular weight is 172 g/mol. The molecule has 0 unspecified atom stereocenters. The molecule has 1 nitrogen and oxygen atoms in total. The molecule has 0 bridgehead atoms. The summed E-state index contributed by atoms with van der Waals surface area (Å²) in [6.45, 7) is 0.435. The standard InChI is InChI=1S/C8H9FOS/c1-10-5-6-2-3-8(11)7(9)4-6/h2-4,11H,5H2,1H3. The molecular formula is C8H9FOS. The minimum atomic E-state index is -0.303. The predicted octanol–water partition coefficient (Wildman–Crippen LogP) is 2.26. The van der Waals surface area contributed by atoms with Crippen molar-refractivity contribution < 1.29 is 9.13 Å². The zero-order valence-electron chi connectivity index (χ0n) is 6.17. The number of rotatable bonds is 2. The normalized spacial score (nSPS) is 10.1. The van der Waals surface area contributed by atoms with Crippen molar-refractivity contribution in [3.63, 3.8) is 0 Å². The van der Waals surface area contributed by atoms with Crippen LogP contribution in [-0.2, 0) is 11.3 Å². The highest BCUT2D eigenvalue weighted by Crippen LogP contribution is 2.13. The highest BCUT2D eigenvalue weighted by atomic mass is 32.1. The van der Waals surface area contributed by atoms with Crippen molar-refractivity contribution in [2.24, 2.45) is 0 Å². The number of hydrogen-bond acceptors (Lipinski definition) is 2. The Morgan fingerprint density at radius 2 is 2.27 bits per heavy atom. The molecule has 0 fully saturated rings. The first-order valence-electron chi connectivity index (χ1n) is 3.20. The molecule has 1 rings (SSSR count). The van der Waals surface area contributed by atoms with Gasteiger partial charge in [0, 0.05) is 12.0 Å². The SMILES string of the molecule is COCc1ccc(S)c(F)c1. The first-order valence-corrected chi connectivity index (χ1v) is 3.65. The zero-order chi connectivity index (χ0) is 8.27. The molecule has 0 amide bonds. The lowest BCUT2D eigenvalue weighted by molar-refractivity contribution is 0.184. The largest absolute Gasteiger partial charge is 0.380 e. The maximum absolute atomic E-state index is 12.8. The minimum Gasteiger partial charge on any atom is -0.380 e. The van der Waals surface area contributed by atoms with Gasteiger partial charge in [-0.3, -0.25) is 0 Å². The number of benzene rings is 1. The summed E-state index contributed by atoms with van der Waals surface area (Å²) in [5.74, 6) is -0.303. The van der Waals surface area contributed by atoms with E-state index in [1.165, 1.54) is 6.07 Å². The van der Waals surface area contributed by atoms with Crippen LogP contribution in [0.5, 0.6) is 0 Å². The Kier molecular flexibility index (Phi) is 2.91. The highest BCUT2D eigenvalue weighted by molar-refractivity contribution is 7.80. The molecular weight excluding hydrogens is 163 g/mol. The molecule has 3 heteroatoms. The van der Waals surface area contributed by atoms with Gasteiger partial charge in [0.1, 0.15) is 5.82 Å². The summed E-state index contributed by atoms with van der Waals surface area (Å²) >= 11 is 3.90. The van der Waals surface area contributed by atoms with Crippen molar-refractivity contribution >= 4 is 12.6 Å². The Balaban J connectivity index is 2.86. The Hall–Kier alpha value is -0.540. The van der Waals surface area contributed by atoms with E-state index < -0.39 is 0 Å². The van der Waals surface area contributed by atoms with Gasteiger partial charge in [-0.1, -0.05) is 6.07 Å². The van der Waals surface area contributed by atoms with E-state index in [4.69, 9.17) is 4.74 Å². The molecule has 0 aromatic heterocycles. The van der Waals surface area contributed by atoms with Crippen LogP contribution >= 0.6 is 12.6 Å². The van der Waals surface area contributed by atoms with E-state index >= 15 is 0 Å². The van der Waals surface area contributed by atoms with Gasteiger partial charge < -0.3 is 4.74 Å². The van der Waals surface area contributed by atoms with Crippen molar-refractivity contribution in [1.82, 2.24) is 0 Å². The van der Waals surface area contributed by atoms with Gasteiger partial charge >= 0.3 is 0 Å². The van der Waals surface area contributed by atoms with Crippen LogP contribution in [0.1, 0.15) is 5.56 Å². The van der Waals surface area contributed by atoms with Crippen molar-refractivity contribution in [3.05, 3.63) is 29.6 Å². The molecule has 0 saturated carbocycles. The second kappa shape index (κ2) is 3.74. The van der Waals surface area contributed by atoms with Crippen molar-refractivity contribution in [2.45, 2.75) is 11.5 Å². The third-order valence-electron chi connectivity index (χ3n) is 1.32. The maximum atomic E-state index is 12.8. The number of hydrogen-bond donors (Lipinski definition) is 1. The highest BCUT2D eigenvalue weighted by Gasteiger charge is 1.98. The van der Waals surface area contributed by atoms with Crippen LogP contribution in [-0.4, -0.2) is 7.11 Å². The average Bonchev–Trinajstić information content (AvgIpc) is 1.98. The predicted molar refractivity (Wildman–Crippen MR) is 44.4 cm³/mol. The quantitative estimate of drug-likeness (QED) is 0.673. The number of methoxy groups -OCH3 is 1. The fraction of sp³-hybridized carbons (Fsp3) is 0.250. The Morgan fingerprint density at radius 3 is 2.82 bits per heavy atom. The van der Waals surface area contributed by atoms with Gasteiger partial charge in [0.25, 0.3) is 0 Å². The first-order chi connectivity index (χ1) is 5.24. The van der Waals surface area contributed by atoms with Gasteiger partial charge in [0.15, 0.2) is 0 Å². The van der Waals surface area contributed by atoms with Gasteiger partial charge in [0.2, 0.25) is 0 Å². The number of thiol groups is 1. The second-order valence-electron chi connectivity index (χ2n) is 2.22. The van der Waals surface area contributed by atoms with E-state index in [0.29, 0.717) is 11.5 Å². The van der Waals surface area contributed by atoms with Crippen LogP contribution in [0.4, 0.5) is 4.39 Å². The molecule has 0 radical (unpaired) electrons. The molecule has 0 aliphatic heterocycles. The molecule has 0 heterocycles. The van der Waals surface area contributed by atoms with Crippen LogP contribution in [0.25, 0.3) is 0 Å². The first kappa shape index (κ1) is 8.56. The third-order valence-corrected chi connectivity index (χ3v) is 1.69. The molecule has 0 N–H and O–H groups in total. The Bertz CT molecular complexity index is 250. The molecule has 0 aliphatic rings. The molecule has 0 atom stereocenters. The van der Waals surface area contributed by atoms with Gasteiger partial charge in [-0.25, -0.2) is 4.39 Å². The lowest BCUT2D eigenvalue weighted by Crippen LogP contribution is -1.88. The fourth-order valence-electron chi connectivity index (χ4n) is 0.807. The third kappa shape index (κ3) is 2.20. The summed E-state index contributed by atoms with van der Waals surface area (Å²) in [7, 11) is 1.58. The molecule has 0 aliphatic carbocycles. The van der Waals surface area contributed by atoms with E-state index in [9.17, 15) is 4.39 Å². The van der Waals surface area contributed by atoms with Gasteiger partial charge in [-0.05, 0) is 17.7 Å². The van der Waals surface area contributed by atoms with Crippen LogP contribution in [0.2, 0.25) is 0 Å². The number of halogens is 1. The summed E-state index contributed by atoms with van der Waals surface area (Å²) in [4.78, 5) is 0.366. The molecule has 11 heavy (non-hydrogen) atoms. The molecule has 1 aromatic rings. The second-order valence-corrected chi connectivity index (χ2v) is 2.70. The zero-order valence-corrected chi connectivity index (χ0v) is 7.07. The van der Waals surface area contributed by atoms with Crippen LogP contribution in [0.3, 0.4) is 0 Å². The maximum Gasteiger partial charge on any atom is 0.136 e. The van der Waals surface area contributed by atoms with Crippen LogP contribution in [0, 0.1) is 5.82 Å². The van der Waals surface area contributed by atoms with Gasteiger partial charge in [-0.15, -0.1) is 12.6 Å². The summed E-state index contributed by atoms with van der Waals surface area (Å²) < 4.78 is 17.6. The monoisotopic (exact) mass is 172 g/mol. The van der Waals surface area contributed by atoms with Crippen molar-refractivity contribution in [2.75, 3.05) is 7.11 Å². The van der Waals surface area contributed by atoms with Gasteiger partial charge in [-0.2, -0.15) is 0 Å². The Labute approximate surface area is 70.6 Å². The topological polar surface area (TPSA) is 9.23 Å². The van der Waals surface area contributed by atoms with E-state index in [2.05, 4.69) is 12.6 Å². The lowest BCUT2D eigenvalue weighted by Gasteiger charge is -2.00. The molecule has 0 saturated heterocycles. The number of ether oxygens (including phenoxy) is 1. The summed E-state index contributed by atoms with van der Waals surface area (Å²) in [5.41, 5.74) is 0.822. The molecule has 0 spiro atoms. The Morgan fingerprint density at radius 1 is 1.55 bits per heavy atom. The molecule has 60 valence electrons.